The standard InChI is InChI=1S/C16H24N2O3/c1-16(2,3)21-15(20)18-13(9-10-14(17)19)11-12-7-5-4-6-8-12/h4-8,13H,9-11H2,1-3H3,(H2,17,19)(H,18,20). The van der Waals surface area contributed by atoms with Gasteiger partial charge in [-0.1, -0.05) is 30.3 Å². The number of carbonyl (C=O) groups excluding carboxylic acids is 2. The Kier molecular flexibility index (Phi) is 6.21. The van der Waals surface area contributed by atoms with Crippen LogP contribution in [0.25, 0.3) is 0 Å². The number of benzene rings is 1. The maximum Gasteiger partial charge on any atom is 0.407 e. The number of alkyl carbamates (subject to hydrolysis) is 1. The summed E-state index contributed by atoms with van der Waals surface area (Å²) < 4.78 is 5.25. The molecule has 0 radical (unpaired) electrons. The molecule has 0 aliphatic heterocycles. The number of amides is 2. The van der Waals surface area contributed by atoms with Crippen LogP contribution in [0.5, 0.6) is 0 Å². The van der Waals surface area contributed by atoms with Gasteiger partial charge in [-0.3, -0.25) is 4.79 Å². The molecular formula is C16H24N2O3. The van der Waals surface area contributed by atoms with Crippen LogP contribution in [0.3, 0.4) is 0 Å². The van der Waals surface area contributed by atoms with Crippen LogP contribution < -0.4 is 11.1 Å². The number of hydrogen-bond donors (Lipinski definition) is 2. The second kappa shape index (κ2) is 7.67. The average molecular weight is 292 g/mol. The van der Waals surface area contributed by atoms with Gasteiger partial charge in [-0.15, -0.1) is 0 Å². The van der Waals surface area contributed by atoms with Gasteiger partial charge >= 0.3 is 6.09 Å². The highest BCUT2D eigenvalue weighted by molar-refractivity contribution is 5.74. The zero-order chi connectivity index (χ0) is 15.9. The fourth-order valence-corrected chi connectivity index (χ4v) is 1.91. The molecule has 1 aromatic rings. The van der Waals surface area contributed by atoms with Crippen molar-refractivity contribution < 1.29 is 14.3 Å². The normalized spacial score (nSPS) is 12.5. The van der Waals surface area contributed by atoms with E-state index in [4.69, 9.17) is 10.5 Å². The monoisotopic (exact) mass is 292 g/mol. The summed E-state index contributed by atoms with van der Waals surface area (Å²) in [6, 6.07) is 9.59. The summed E-state index contributed by atoms with van der Waals surface area (Å²) in [7, 11) is 0. The van der Waals surface area contributed by atoms with Crippen molar-refractivity contribution >= 4 is 12.0 Å². The summed E-state index contributed by atoms with van der Waals surface area (Å²) in [5.74, 6) is -0.376. The van der Waals surface area contributed by atoms with Gasteiger partial charge < -0.3 is 15.8 Å². The Bertz CT molecular complexity index is 466. The molecule has 0 saturated heterocycles. The summed E-state index contributed by atoms with van der Waals surface area (Å²) in [5.41, 5.74) is 5.72. The molecule has 1 aromatic carbocycles. The number of primary amides is 1. The highest BCUT2D eigenvalue weighted by Crippen LogP contribution is 2.10. The van der Waals surface area contributed by atoms with Crippen molar-refractivity contribution in [3.63, 3.8) is 0 Å². The molecule has 116 valence electrons. The van der Waals surface area contributed by atoms with Crippen molar-refractivity contribution in [2.75, 3.05) is 0 Å². The lowest BCUT2D eigenvalue weighted by Gasteiger charge is -2.23. The van der Waals surface area contributed by atoms with Crippen molar-refractivity contribution in [3.05, 3.63) is 35.9 Å². The molecule has 5 nitrogen and oxygen atoms in total. The number of carbonyl (C=O) groups is 2. The third kappa shape index (κ3) is 7.97. The van der Waals surface area contributed by atoms with E-state index in [0.717, 1.165) is 5.56 Å². The number of rotatable bonds is 6. The summed E-state index contributed by atoms with van der Waals surface area (Å²) in [6.07, 6.45) is 0.873. The molecule has 0 aromatic heterocycles. The van der Waals surface area contributed by atoms with E-state index in [2.05, 4.69) is 5.32 Å². The lowest BCUT2D eigenvalue weighted by molar-refractivity contribution is -0.118. The molecule has 1 atom stereocenters. The quantitative estimate of drug-likeness (QED) is 0.844. The Morgan fingerprint density at radius 3 is 2.38 bits per heavy atom. The maximum absolute atomic E-state index is 11.9. The third-order valence-corrected chi connectivity index (χ3v) is 2.78. The van der Waals surface area contributed by atoms with Gasteiger partial charge in [0.1, 0.15) is 5.60 Å². The molecule has 2 amide bonds. The fourth-order valence-electron chi connectivity index (χ4n) is 1.91. The molecule has 0 aliphatic carbocycles. The van der Waals surface area contributed by atoms with Crippen LogP contribution in [0.1, 0.15) is 39.2 Å². The average Bonchev–Trinajstić information content (AvgIpc) is 2.34. The highest BCUT2D eigenvalue weighted by atomic mass is 16.6. The number of hydrogen-bond acceptors (Lipinski definition) is 3. The largest absolute Gasteiger partial charge is 0.444 e. The van der Waals surface area contributed by atoms with Gasteiger partial charge in [0.25, 0.3) is 0 Å². The van der Waals surface area contributed by atoms with Crippen LogP contribution in [0.2, 0.25) is 0 Å². The van der Waals surface area contributed by atoms with Crippen LogP contribution >= 0.6 is 0 Å². The first-order chi connectivity index (χ1) is 9.76. The molecular weight excluding hydrogens is 268 g/mol. The van der Waals surface area contributed by atoms with Crippen LogP contribution in [-0.4, -0.2) is 23.6 Å². The van der Waals surface area contributed by atoms with Crippen LogP contribution in [0.15, 0.2) is 30.3 Å². The van der Waals surface area contributed by atoms with E-state index in [1.54, 1.807) is 0 Å². The lowest BCUT2D eigenvalue weighted by atomic mass is 10.0. The second-order valence-electron chi connectivity index (χ2n) is 6.04. The summed E-state index contributed by atoms with van der Waals surface area (Å²) in [6.45, 7) is 5.42. The summed E-state index contributed by atoms with van der Waals surface area (Å²) >= 11 is 0. The third-order valence-electron chi connectivity index (χ3n) is 2.78. The van der Waals surface area contributed by atoms with Crippen molar-refractivity contribution in [3.8, 4) is 0 Å². The molecule has 1 unspecified atom stereocenters. The van der Waals surface area contributed by atoms with E-state index in [0.29, 0.717) is 12.8 Å². The predicted octanol–water partition coefficient (Wildman–Crippen LogP) is 2.39. The van der Waals surface area contributed by atoms with Gasteiger partial charge in [-0.2, -0.15) is 0 Å². The summed E-state index contributed by atoms with van der Waals surface area (Å²) in [4.78, 5) is 22.8. The van der Waals surface area contributed by atoms with Gasteiger partial charge in [0.2, 0.25) is 5.91 Å². The minimum absolute atomic E-state index is 0.185. The topological polar surface area (TPSA) is 81.4 Å². The zero-order valence-electron chi connectivity index (χ0n) is 12.9. The zero-order valence-corrected chi connectivity index (χ0v) is 12.9. The van der Waals surface area contributed by atoms with E-state index >= 15 is 0 Å². The van der Waals surface area contributed by atoms with Crippen LogP contribution in [0, 0.1) is 0 Å². The molecule has 0 bridgehead atoms. The molecule has 0 spiro atoms. The van der Waals surface area contributed by atoms with Gasteiger partial charge in [-0.25, -0.2) is 4.79 Å². The Morgan fingerprint density at radius 2 is 1.86 bits per heavy atom. The first kappa shape index (κ1) is 17.0. The number of nitrogens with one attached hydrogen (secondary N) is 1. The first-order valence-electron chi connectivity index (χ1n) is 7.08. The van der Waals surface area contributed by atoms with Crippen molar-refractivity contribution in [2.24, 2.45) is 5.73 Å². The first-order valence-corrected chi connectivity index (χ1v) is 7.08. The molecule has 1 rings (SSSR count). The molecule has 0 aliphatic rings. The van der Waals surface area contributed by atoms with E-state index in [1.165, 1.54) is 0 Å². The lowest BCUT2D eigenvalue weighted by Crippen LogP contribution is -2.40. The predicted molar refractivity (Wildman–Crippen MR) is 81.7 cm³/mol. The summed E-state index contributed by atoms with van der Waals surface area (Å²) in [5, 5.41) is 2.81. The van der Waals surface area contributed by atoms with Gasteiger partial charge in [-0.05, 0) is 39.2 Å². The Labute approximate surface area is 125 Å². The minimum Gasteiger partial charge on any atom is -0.444 e. The van der Waals surface area contributed by atoms with Crippen molar-refractivity contribution in [2.45, 2.75) is 51.7 Å². The van der Waals surface area contributed by atoms with Crippen LogP contribution in [-0.2, 0) is 16.0 Å². The SMILES string of the molecule is CC(C)(C)OC(=O)NC(CCC(N)=O)Cc1ccccc1. The molecule has 21 heavy (non-hydrogen) atoms. The minimum atomic E-state index is -0.551. The van der Waals surface area contributed by atoms with E-state index in [9.17, 15) is 9.59 Å². The number of ether oxygens (including phenoxy) is 1. The van der Waals surface area contributed by atoms with Crippen molar-refractivity contribution in [1.82, 2.24) is 5.32 Å². The molecule has 5 heteroatoms. The van der Waals surface area contributed by atoms with Crippen LogP contribution in [0.4, 0.5) is 4.79 Å². The smallest absolute Gasteiger partial charge is 0.407 e. The van der Waals surface area contributed by atoms with Gasteiger partial charge in [0, 0.05) is 12.5 Å². The Hall–Kier alpha value is -2.04. The van der Waals surface area contributed by atoms with E-state index < -0.39 is 11.7 Å². The number of nitrogens with two attached hydrogens (primary N) is 1. The molecule has 3 N–H and O–H groups in total. The van der Waals surface area contributed by atoms with Gasteiger partial charge in [0.05, 0.1) is 0 Å². The molecule has 0 fully saturated rings. The Balaban J connectivity index is 2.63. The molecule has 0 saturated carbocycles. The maximum atomic E-state index is 11.9. The highest BCUT2D eigenvalue weighted by Gasteiger charge is 2.20. The van der Waals surface area contributed by atoms with Gasteiger partial charge in [0.15, 0.2) is 0 Å². The second-order valence-corrected chi connectivity index (χ2v) is 6.04. The Morgan fingerprint density at radius 1 is 1.24 bits per heavy atom. The van der Waals surface area contributed by atoms with E-state index in [-0.39, 0.29) is 18.4 Å². The van der Waals surface area contributed by atoms with Crippen molar-refractivity contribution in [1.29, 1.82) is 0 Å². The van der Waals surface area contributed by atoms with E-state index in [1.807, 2.05) is 51.1 Å². The molecule has 0 heterocycles. The fraction of sp³-hybridized carbons (Fsp3) is 0.500.